The Labute approximate surface area is 102 Å². The molecule has 1 aromatic carbocycles. The molecule has 0 aliphatic rings. The van der Waals surface area contributed by atoms with Crippen molar-refractivity contribution in [3.05, 3.63) is 60.2 Å². The number of rotatable bonds is 5. The first-order valence-electron chi connectivity index (χ1n) is 5.75. The second-order valence-electron chi connectivity index (χ2n) is 3.90. The second kappa shape index (κ2) is 6.01. The van der Waals surface area contributed by atoms with Crippen molar-refractivity contribution in [1.29, 1.82) is 0 Å². The molecule has 1 aromatic heterocycles. The molecule has 2 aromatic rings. The molecule has 3 heteroatoms. The highest BCUT2D eigenvalue weighted by molar-refractivity contribution is 5.48. The molecular formula is C14H17N3. The molecule has 0 spiro atoms. The fourth-order valence-electron chi connectivity index (χ4n) is 1.59. The lowest BCUT2D eigenvalue weighted by Gasteiger charge is -2.01. The Morgan fingerprint density at radius 2 is 2.12 bits per heavy atom. The number of aryl methyl sites for hydroxylation is 1. The SMILES string of the molecule is Cn1ccnc1CNCC=Cc1ccccc1. The zero-order chi connectivity index (χ0) is 11.9. The minimum absolute atomic E-state index is 0.794. The highest BCUT2D eigenvalue weighted by atomic mass is 15.1. The summed E-state index contributed by atoms with van der Waals surface area (Å²) < 4.78 is 2.02. The number of hydrogen-bond donors (Lipinski definition) is 1. The van der Waals surface area contributed by atoms with Crippen molar-refractivity contribution in [2.45, 2.75) is 6.54 Å². The highest BCUT2D eigenvalue weighted by Crippen LogP contribution is 2.00. The van der Waals surface area contributed by atoms with Crippen LogP contribution in [0.1, 0.15) is 11.4 Å². The van der Waals surface area contributed by atoms with Crippen LogP contribution in [0.5, 0.6) is 0 Å². The van der Waals surface area contributed by atoms with E-state index in [0.717, 1.165) is 18.9 Å². The van der Waals surface area contributed by atoms with Gasteiger partial charge in [0.1, 0.15) is 5.82 Å². The van der Waals surface area contributed by atoms with E-state index in [2.05, 4.69) is 34.6 Å². The van der Waals surface area contributed by atoms with E-state index in [4.69, 9.17) is 0 Å². The standard InChI is InChI=1S/C14H17N3/c1-17-11-10-16-14(17)12-15-9-5-8-13-6-3-2-4-7-13/h2-8,10-11,15H,9,12H2,1H3. The summed E-state index contributed by atoms with van der Waals surface area (Å²) in [5.41, 5.74) is 1.23. The van der Waals surface area contributed by atoms with Crippen LogP contribution in [-0.2, 0) is 13.6 Å². The average molecular weight is 227 g/mol. The van der Waals surface area contributed by atoms with Gasteiger partial charge in [-0.05, 0) is 5.56 Å². The molecule has 17 heavy (non-hydrogen) atoms. The Hall–Kier alpha value is -1.87. The van der Waals surface area contributed by atoms with Crippen LogP contribution >= 0.6 is 0 Å². The molecule has 0 unspecified atom stereocenters. The van der Waals surface area contributed by atoms with Crippen LogP contribution in [0.3, 0.4) is 0 Å². The zero-order valence-electron chi connectivity index (χ0n) is 10.0. The minimum atomic E-state index is 0.794. The van der Waals surface area contributed by atoms with Crippen molar-refractivity contribution in [3.63, 3.8) is 0 Å². The van der Waals surface area contributed by atoms with Gasteiger partial charge in [-0.3, -0.25) is 0 Å². The van der Waals surface area contributed by atoms with E-state index in [1.165, 1.54) is 5.56 Å². The quantitative estimate of drug-likeness (QED) is 0.794. The maximum absolute atomic E-state index is 4.25. The number of aromatic nitrogens is 2. The van der Waals surface area contributed by atoms with E-state index < -0.39 is 0 Å². The molecule has 0 saturated carbocycles. The van der Waals surface area contributed by atoms with Crippen molar-refractivity contribution in [2.75, 3.05) is 6.54 Å². The summed E-state index contributed by atoms with van der Waals surface area (Å²) in [5, 5.41) is 3.33. The Bertz CT molecular complexity index is 471. The Kier molecular flexibility index (Phi) is 4.11. The van der Waals surface area contributed by atoms with Gasteiger partial charge in [0, 0.05) is 26.0 Å². The van der Waals surface area contributed by atoms with Gasteiger partial charge in [0.05, 0.1) is 6.54 Å². The fourth-order valence-corrected chi connectivity index (χ4v) is 1.59. The van der Waals surface area contributed by atoms with Gasteiger partial charge in [0.25, 0.3) is 0 Å². The molecular weight excluding hydrogens is 210 g/mol. The van der Waals surface area contributed by atoms with Crippen molar-refractivity contribution in [3.8, 4) is 0 Å². The molecule has 0 bridgehead atoms. The normalized spacial score (nSPS) is 11.1. The molecule has 0 radical (unpaired) electrons. The smallest absolute Gasteiger partial charge is 0.122 e. The lowest BCUT2D eigenvalue weighted by atomic mass is 10.2. The lowest BCUT2D eigenvalue weighted by Crippen LogP contribution is -2.15. The van der Waals surface area contributed by atoms with Crippen molar-refractivity contribution in [1.82, 2.24) is 14.9 Å². The van der Waals surface area contributed by atoms with Crippen molar-refractivity contribution >= 4 is 6.08 Å². The van der Waals surface area contributed by atoms with E-state index >= 15 is 0 Å². The second-order valence-corrected chi connectivity index (χ2v) is 3.90. The van der Waals surface area contributed by atoms with Crippen LogP contribution in [-0.4, -0.2) is 16.1 Å². The third-order valence-electron chi connectivity index (χ3n) is 2.58. The lowest BCUT2D eigenvalue weighted by molar-refractivity contribution is 0.681. The van der Waals surface area contributed by atoms with Crippen LogP contribution in [0.2, 0.25) is 0 Å². The predicted molar refractivity (Wildman–Crippen MR) is 70.4 cm³/mol. The highest BCUT2D eigenvalue weighted by Gasteiger charge is 1.95. The van der Waals surface area contributed by atoms with Crippen LogP contribution in [0.4, 0.5) is 0 Å². The summed E-state index contributed by atoms with van der Waals surface area (Å²) >= 11 is 0. The van der Waals surface area contributed by atoms with Gasteiger partial charge in [-0.1, -0.05) is 42.5 Å². The summed E-state index contributed by atoms with van der Waals surface area (Å²) in [6.45, 7) is 1.64. The van der Waals surface area contributed by atoms with Gasteiger partial charge in [0.2, 0.25) is 0 Å². The van der Waals surface area contributed by atoms with Crippen LogP contribution in [0.25, 0.3) is 6.08 Å². The van der Waals surface area contributed by atoms with E-state index in [1.54, 1.807) is 0 Å². The molecule has 2 rings (SSSR count). The van der Waals surface area contributed by atoms with Gasteiger partial charge in [0.15, 0.2) is 0 Å². The van der Waals surface area contributed by atoms with Crippen LogP contribution in [0.15, 0.2) is 48.8 Å². The number of imidazole rings is 1. The van der Waals surface area contributed by atoms with Gasteiger partial charge in [-0.15, -0.1) is 0 Å². The summed E-state index contributed by atoms with van der Waals surface area (Å²) in [5.74, 6) is 1.05. The topological polar surface area (TPSA) is 29.9 Å². The first kappa shape index (κ1) is 11.6. The number of hydrogen-bond acceptors (Lipinski definition) is 2. The zero-order valence-corrected chi connectivity index (χ0v) is 10.0. The number of nitrogens with one attached hydrogen (secondary N) is 1. The summed E-state index contributed by atoms with van der Waals surface area (Å²) in [4.78, 5) is 4.25. The third-order valence-corrected chi connectivity index (χ3v) is 2.58. The maximum atomic E-state index is 4.25. The molecule has 0 amide bonds. The van der Waals surface area contributed by atoms with E-state index in [1.807, 2.05) is 42.2 Å². The van der Waals surface area contributed by atoms with E-state index in [0.29, 0.717) is 0 Å². The molecule has 0 saturated heterocycles. The van der Waals surface area contributed by atoms with Gasteiger partial charge < -0.3 is 9.88 Å². The number of benzene rings is 1. The molecule has 0 fully saturated rings. The largest absolute Gasteiger partial charge is 0.337 e. The Balaban J connectivity index is 1.74. The first-order chi connectivity index (χ1) is 8.36. The molecule has 88 valence electrons. The number of nitrogens with zero attached hydrogens (tertiary/aromatic N) is 2. The van der Waals surface area contributed by atoms with E-state index in [9.17, 15) is 0 Å². The van der Waals surface area contributed by atoms with Crippen molar-refractivity contribution in [2.24, 2.45) is 7.05 Å². The molecule has 0 aliphatic carbocycles. The molecule has 3 nitrogen and oxygen atoms in total. The van der Waals surface area contributed by atoms with Crippen LogP contribution in [0, 0.1) is 0 Å². The van der Waals surface area contributed by atoms with Crippen molar-refractivity contribution < 1.29 is 0 Å². The average Bonchev–Trinajstić information content (AvgIpc) is 2.76. The van der Waals surface area contributed by atoms with E-state index in [-0.39, 0.29) is 0 Å². The summed E-state index contributed by atoms with van der Waals surface area (Å²) in [7, 11) is 2.00. The van der Waals surface area contributed by atoms with Gasteiger partial charge in [-0.25, -0.2) is 4.98 Å². The Morgan fingerprint density at radius 3 is 2.82 bits per heavy atom. The molecule has 1 heterocycles. The maximum Gasteiger partial charge on any atom is 0.122 e. The monoisotopic (exact) mass is 227 g/mol. The minimum Gasteiger partial charge on any atom is -0.337 e. The van der Waals surface area contributed by atoms with Gasteiger partial charge >= 0.3 is 0 Å². The summed E-state index contributed by atoms with van der Waals surface area (Å²) in [6, 6.07) is 10.3. The van der Waals surface area contributed by atoms with Crippen LogP contribution < -0.4 is 5.32 Å². The summed E-state index contributed by atoms with van der Waals surface area (Å²) in [6.07, 6.45) is 8.01. The molecule has 0 atom stereocenters. The fraction of sp³-hybridized carbons (Fsp3) is 0.214. The Morgan fingerprint density at radius 1 is 1.29 bits per heavy atom. The molecule has 1 N–H and O–H groups in total. The predicted octanol–water partition coefficient (Wildman–Crippen LogP) is 2.22. The first-order valence-corrected chi connectivity index (χ1v) is 5.75. The third kappa shape index (κ3) is 3.57. The molecule has 0 aliphatic heterocycles. The van der Waals surface area contributed by atoms with Gasteiger partial charge in [-0.2, -0.15) is 0 Å².